The summed E-state index contributed by atoms with van der Waals surface area (Å²) in [7, 11) is 0. The summed E-state index contributed by atoms with van der Waals surface area (Å²) in [5.41, 5.74) is 2.52. The van der Waals surface area contributed by atoms with Crippen molar-refractivity contribution in [3.8, 4) is 0 Å². The maximum absolute atomic E-state index is 4.35. The molecule has 1 atom stereocenters. The molecule has 0 aromatic rings. The number of allylic oxidation sites excluding steroid dienone is 3. The highest BCUT2D eigenvalue weighted by molar-refractivity contribution is 5.80. The van der Waals surface area contributed by atoms with Crippen LogP contribution in [0.3, 0.4) is 0 Å². The number of aliphatic imine (C=N–C) groups is 1. The van der Waals surface area contributed by atoms with E-state index in [1.165, 1.54) is 75.5 Å². The van der Waals surface area contributed by atoms with Crippen LogP contribution in [0.2, 0.25) is 0 Å². The Labute approximate surface area is 164 Å². The molecular formula is C24H44N2. The summed E-state index contributed by atoms with van der Waals surface area (Å²) in [5.74, 6) is 0. The van der Waals surface area contributed by atoms with Gasteiger partial charge < -0.3 is 4.90 Å². The van der Waals surface area contributed by atoms with Crippen molar-refractivity contribution < 1.29 is 0 Å². The first kappa shape index (κ1) is 24.7. The Morgan fingerprint density at radius 2 is 1.46 bits per heavy atom. The molecule has 0 saturated carbocycles. The van der Waals surface area contributed by atoms with Crippen molar-refractivity contribution in [1.29, 1.82) is 0 Å². The Kier molecular flexibility index (Phi) is 16.3. The van der Waals surface area contributed by atoms with E-state index in [4.69, 9.17) is 0 Å². The molecule has 0 N–H and O–H groups in total. The van der Waals surface area contributed by atoms with E-state index in [1.54, 1.807) is 6.20 Å². The third kappa shape index (κ3) is 9.99. The topological polar surface area (TPSA) is 15.6 Å². The van der Waals surface area contributed by atoms with Gasteiger partial charge in [-0.25, -0.2) is 0 Å². The van der Waals surface area contributed by atoms with Gasteiger partial charge in [0.15, 0.2) is 0 Å². The first-order valence-electron chi connectivity index (χ1n) is 11.0. The summed E-state index contributed by atoms with van der Waals surface area (Å²) >= 11 is 0. The zero-order valence-electron chi connectivity index (χ0n) is 18.1. The monoisotopic (exact) mass is 360 g/mol. The molecular weight excluding hydrogens is 316 g/mol. The Bertz CT molecular complexity index is 420. The van der Waals surface area contributed by atoms with Crippen molar-refractivity contribution in [2.45, 2.75) is 104 Å². The van der Waals surface area contributed by atoms with Crippen LogP contribution < -0.4 is 0 Å². The van der Waals surface area contributed by atoms with Gasteiger partial charge in [0, 0.05) is 18.8 Å². The zero-order chi connectivity index (χ0) is 19.6. The summed E-state index contributed by atoms with van der Waals surface area (Å²) in [6.45, 7) is 17.8. The number of unbranched alkanes of at least 4 members (excludes halogenated alkanes) is 6. The molecule has 0 spiro atoms. The van der Waals surface area contributed by atoms with Gasteiger partial charge in [0.25, 0.3) is 0 Å². The van der Waals surface area contributed by atoms with Crippen LogP contribution in [0.25, 0.3) is 0 Å². The molecule has 0 heterocycles. The standard InChI is InChI=1S/C24H44N2/c1-7-13-15-16-18-20-23(19-17-14-8-2)26(12-6)24(21-25-11-5)22(9-3)10-4/h9,11,21,23H,3,5,7-8,10,12-20H2,1-2,4,6H3/b24-22-,25-21?. The lowest BCUT2D eigenvalue weighted by molar-refractivity contribution is 0.237. The predicted molar refractivity (Wildman–Crippen MR) is 120 cm³/mol. The maximum Gasteiger partial charge on any atom is 0.0586 e. The predicted octanol–water partition coefficient (Wildman–Crippen LogP) is 7.68. The lowest BCUT2D eigenvalue weighted by Crippen LogP contribution is -2.36. The Morgan fingerprint density at radius 3 is 1.96 bits per heavy atom. The van der Waals surface area contributed by atoms with E-state index in [0.717, 1.165) is 13.0 Å². The maximum atomic E-state index is 4.35. The minimum Gasteiger partial charge on any atom is -0.367 e. The van der Waals surface area contributed by atoms with E-state index in [2.05, 4.69) is 50.7 Å². The quantitative estimate of drug-likeness (QED) is 0.147. The van der Waals surface area contributed by atoms with Crippen LogP contribution in [-0.2, 0) is 0 Å². The third-order valence-electron chi connectivity index (χ3n) is 5.13. The smallest absolute Gasteiger partial charge is 0.0586 e. The molecule has 0 aliphatic rings. The first-order valence-corrected chi connectivity index (χ1v) is 11.0. The molecule has 0 rings (SSSR count). The SMILES string of the molecule is C=CN=C/C(=C(\C=C)CC)N(CC)C(CCCCC)CCCCCCC. The fraction of sp³-hybridized carbons (Fsp3) is 0.708. The second-order valence-electron chi connectivity index (χ2n) is 7.07. The summed E-state index contributed by atoms with van der Waals surface area (Å²) < 4.78 is 0. The molecule has 0 aliphatic carbocycles. The van der Waals surface area contributed by atoms with Crippen LogP contribution in [0.15, 0.2) is 41.7 Å². The molecule has 0 aromatic carbocycles. The van der Waals surface area contributed by atoms with Crippen molar-refractivity contribution in [2.24, 2.45) is 4.99 Å². The fourth-order valence-corrected chi connectivity index (χ4v) is 3.59. The molecule has 0 saturated heterocycles. The van der Waals surface area contributed by atoms with E-state index in [0.29, 0.717) is 6.04 Å². The first-order chi connectivity index (χ1) is 12.7. The summed E-state index contributed by atoms with van der Waals surface area (Å²) in [6.07, 6.45) is 19.8. The van der Waals surface area contributed by atoms with Crippen molar-refractivity contribution in [1.82, 2.24) is 4.90 Å². The van der Waals surface area contributed by atoms with Crippen molar-refractivity contribution >= 4 is 6.21 Å². The van der Waals surface area contributed by atoms with Crippen LogP contribution in [0.4, 0.5) is 0 Å². The zero-order valence-corrected chi connectivity index (χ0v) is 18.1. The second-order valence-corrected chi connectivity index (χ2v) is 7.07. The molecule has 2 nitrogen and oxygen atoms in total. The third-order valence-corrected chi connectivity index (χ3v) is 5.13. The molecule has 0 radical (unpaired) electrons. The number of rotatable bonds is 17. The second kappa shape index (κ2) is 17.1. The summed E-state index contributed by atoms with van der Waals surface area (Å²) in [4.78, 5) is 6.92. The van der Waals surface area contributed by atoms with E-state index in [-0.39, 0.29) is 0 Å². The molecule has 150 valence electrons. The minimum absolute atomic E-state index is 0.598. The molecule has 0 bridgehead atoms. The van der Waals surface area contributed by atoms with Gasteiger partial charge >= 0.3 is 0 Å². The average Bonchev–Trinajstić information content (AvgIpc) is 2.66. The number of hydrogen-bond acceptors (Lipinski definition) is 2. The minimum atomic E-state index is 0.598. The van der Waals surface area contributed by atoms with Gasteiger partial charge in [-0.15, -0.1) is 0 Å². The molecule has 0 aromatic heterocycles. The van der Waals surface area contributed by atoms with Crippen LogP contribution in [0.5, 0.6) is 0 Å². The van der Waals surface area contributed by atoms with Gasteiger partial charge in [0.1, 0.15) is 0 Å². The molecule has 0 amide bonds. The van der Waals surface area contributed by atoms with Gasteiger partial charge in [-0.1, -0.05) is 91.4 Å². The number of nitrogens with zero attached hydrogens (tertiary/aromatic N) is 2. The van der Waals surface area contributed by atoms with Crippen LogP contribution in [0.1, 0.15) is 98.3 Å². The van der Waals surface area contributed by atoms with Crippen molar-refractivity contribution in [3.63, 3.8) is 0 Å². The molecule has 0 fully saturated rings. The Balaban J connectivity index is 5.34. The van der Waals surface area contributed by atoms with Gasteiger partial charge in [0.2, 0.25) is 0 Å². The van der Waals surface area contributed by atoms with E-state index in [9.17, 15) is 0 Å². The Morgan fingerprint density at radius 1 is 0.885 bits per heavy atom. The van der Waals surface area contributed by atoms with Gasteiger partial charge in [-0.05, 0) is 31.8 Å². The largest absolute Gasteiger partial charge is 0.367 e. The average molecular weight is 361 g/mol. The highest BCUT2D eigenvalue weighted by Gasteiger charge is 2.20. The normalized spacial score (nSPS) is 13.5. The molecule has 2 heteroatoms. The fourth-order valence-electron chi connectivity index (χ4n) is 3.59. The van der Waals surface area contributed by atoms with E-state index in [1.807, 2.05) is 12.3 Å². The molecule has 26 heavy (non-hydrogen) atoms. The van der Waals surface area contributed by atoms with Crippen molar-refractivity contribution in [2.75, 3.05) is 6.54 Å². The van der Waals surface area contributed by atoms with Gasteiger partial charge in [-0.2, -0.15) is 0 Å². The summed E-state index contributed by atoms with van der Waals surface area (Å²) in [5, 5.41) is 0. The number of hydrogen-bond donors (Lipinski definition) is 0. The lowest BCUT2D eigenvalue weighted by Gasteiger charge is -2.35. The highest BCUT2D eigenvalue weighted by atomic mass is 15.2. The Hall–Kier alpha value is -1.31. The van der Waals surface area contributed by atoms with Gasteiger partial charge in [0.05, 0.1) is 11.9 Å². The van der Waals surface area contributed by atoms with Crippen LogP contribution in [-0.4, -0.2) is 23.7 Å². The molecule has 0 aliphatic heterocycles. The van der Waals surface area contributed by atoms with E-state index >= 15 is 0 Å². The molecule has 1 unspecified atom stereocenters. The highest BCUT2D eigenvalue weighted by Crippen LogP contribution is 2.24. The van der Waals surface area contributed by atoms with E-state index < -0.39 is 0 Å². The van der Waals surface area contributed by atoms with Crippen LogP contribution >= 0.6 is 0 Å². The van der Waals surface area contributed by atoms with Crippen LogP contribution in [0, 0.1) is 0 Å². The lowest BCUT2D eigenvalue weighted by atomic mass is 9.98. The van der Waals surface area contributed by atoms with Crippen molar-refractivity contribution in [3.05, 3.63) is 36.7 Å². The summed E-state index contributed by atoms with van der Waals surface area (Å²) in [6, 6.07) is 0.598. The van der Waals surface area contributed by atoms with Gasteiger partial charge in [-0.3, -0.25) is 4.99 Å².